The van der Waals surface area contributed by atoms with E-state index < -0.39 is 18.0 Å². The fourth-order valence-corrected chi connectivity index (χ4v) is 2.45. The SMILES string of the molecule is CC[C@H](NC(=O)NCc1cc(C)c(C)s1)C(=O)O. The standard InChI is InChI=1S/C12H18N2O3S/c1-4-10(11(15)16)14-12(17)13-6-9-5-7(2)8(3)18-9/h5,10H,4,6H2,1-3H3,(H,15,16)(H2,13,14,17)/t10-/m0/s1. The molecule has 0 aromatic carbocycles. The summed E-state index contributed by atoms with van der Waals surface area (Å²) in [5.41, 5.74) is 1.20. The van der Waals surface area contributed by atoms with Crippen LogP contribution in [0.15, 0.2) is 6.07 Å². The third kappa shape index (κ3) is 4.03. The molecule has 18 heavy (non-hydrogen) atoms. The van der Waals surface area contributed by atoms with Crippen molar-refractivity contribution >= 4 is 23.3 Å². The largest absolute Gasteiger partial charge is 0.480 e. The normalized spacial score (nSPS) is 11.9. The number of hydrogen-bond donors (Lipinski definition) is 3. The van der Waals surface area contributed by atoms with Gasteiger partial charge in [0.25, 0.3) is 0 Å². The number of carbonyl (C=O) groups is 2. The molecular weight excluding hydrogens is 252 g/mol. The predicted molar refractivity (Wildman–Crippen MR) is 70.9 cm³/mol. The first-order valence-electron chi connectivity index (χ1n) is 5.77. The van der Waals surface area contributed by atoms with E-state index in [9.17, 15) is 9.59 Å². The van der Waals surface area contributed by atoms with Gasteiger partial charge in [0.15, 0.2) is 0 Å². The van der Waals surface area contributed by atoms with Crippen LogP contribution in [0.5, 0.6) is 0 Å². The molecule has 0 unspecified atom stereocenters. The Morgan fingerprint density at radius 3 is 2.56 bits per heavy atom. The molecule has 0 radical (unpaired) electrons. The topological polar surface area (TPSA) is 78.4 Å². The molecule has 0 bridgehead atoms. The van der Waals surface area contributed by atoms with Gasteiger partial charge in [-0.15, -0.1) is 11.3 Å². The Hall–Kier alpha value is -1.56. The molecule has 0 saturated carbocycles. The van der Waals surface area contributed by atoms with Gasteiger partial charge in [-0.1, -0.05) is 6.92 Å². The molecule has 0 aliphatic heterocycles. The Labute approximate surface area is 110 Å². The summed E-state index contributed by atoms with van der Waals surface area (Å²) in [6.45, 7) is 6.18. The molecule has 0 spiro atoms. The Kier molecular flexibility index (Phi) is 5.15. The predicted octanol–water partition coefficient (Wildman–Crippen LogP) is 2.03. The van der Waals surface area contributed by atoms with Gasteiger partial charge in [-0.3, -0.25) is 0 Å². The van der Waals surface area contributed by atoms with Crippen LogP contribution in [-0.2, 0) is 11.3 Å². The first-order valence-corrected chi connectivity index (χ1v) is 6.58. The Balaban J connectivity index is 2.44. The highest BCUT2D eigenvalue weighted by molar-refractivity contribution is 7.12. The van der Waals surface area contributed by atoms with Crippen LogP contribution in [0.2, 0.25) is 0 Å². The molecule has 5 nitrogen and oxygen atoms in total. The number of thiophene rings is 1. The lowest BCUT2D eigenvalue weighted by molar-refractivity contribution is -0.139. The minimum absolute atomic E-state index is 0.361. The lowest BCUT2D eigenvalue weighted by atomic mass is 10.2. The molecule has 1 aromatic rings. The molecule has 1 heterocycles. The fraction of sp³-hybridized carbons (Fsp3) is 0.500. The molecule has 0 aliphatic rings. The van der Waals surface area contributed by atoms with Gasteiger partial charge in [-0.2, -0.15) is 0 Å². The molecular formula is C12H18N2O3S. The summed E-state index contributed by atoms with van der Waals surface area (Å²) < 4.78 is 0. The Bertz CT molecular complexity index is 423. The number of carbonyl (C=O) groups excluding carboxylic acids is 1. The van der Waals surface area contributed by atoms with Crippen molar-refractivity contribution in [2.24, 2.45) is 0 Å². The zero-order valence-corrected chi connectivity index (χ0v) is 11.6. The van der Waals surface area contributed by atoms with Crippen LogP contribution in [0.25, 0.3) is 0 Å². The van der Waals surface area contributed by atoms with E-state index in [0.29, 0.717) is 13.0 Å². The van der Waals surface area contributed by atoms with Gasteiger partial charge in [0.05, 0.1) is 6.54 Å². The van der Waals surface area contributed by atoms with Crippen LogP contribution in [0.3, 0.4) is 0 Å². The third-order valence-electron chi connectivity index (χ3n) is 2.65. The summed E-state index contributed by atoms with van der Waals surface area (Å²) >= 11 is 1.63. The minimum Gasteiger partial charge on any atom is -0.480 e. The van der Waals surface area contributed by atoms with Crippen LogP contribution in [0, 0.1) is 13.8 Å². The zero-order valence-electron chi connectivity index (χ0n) is 10.7. The number of urea groups is 1. The number of rotatable bonds is 5. The fourth-order valence-electron chi connectivity index (χ4n) is 1.45. The summed E-state index contributed by atoms with van der Waals surface area (Å²) in [6.07, 6.45) is 0.361. The van der Waals surface area contributed by atoms with Crippen molar-refractivity contribution in [3.05, 3.63) is 21.4 Å². The molecule has 100 valence electrons. The Morgan fingerprint density at radius 1 is 1.44 bits per heavy atom. The summed E-state index contributed by atoms with van der Waals surface area (Å²) in [5.74, 6) is -1.02. The van der Waals surface area contributed by atoms with Crippen molar-refractivity contribution in [2.75, 3.05) is 0 Å². The zero-order chi connectivity index (χ0) is 13.7. The van der Waals surface area contributed by atoms with Crippen LogP contribution in [-0.4, -0.2) is 23.1 Å². The molecule has 0 saturated heterocycles. The highest BCUT2D eigenvalue weighted by atomic mass is 32.1. The number of hydrogen-bond acceptors (Lipinski definition) is 3. The van der Waals surface area contributed by atoms with Crippen LogP contribution < -0.4 is 10.6 Å². The van der Waals surface area contributed by atoms with Crippen molar-refractivity contribution < 1.29 is 14.7 Å². The second-order valence-corrected chi connectivity index (χ2v) is 5.42. The summed E-state index contributed by atoms with van der Waals surface area (Å²) in [4.78, 5) is 24.5. The number of carboxylic acid groups (broad SMARTS) is 1. The number of amides is 2. The molecule has 2 amide bonds. The van der Waals surface area contributed by atoms with Crippen molar-refractivity contribution in [2.45, 2.75) is 39.8 Å². The van der Waals surface area contributed by atoms with Crippen molar-refractivity contribution in [3.63, 3.8) is 0 Å². The second-order valence-electron chi connectivity index (χ2n) is 4.08. The van der Waals surface area contributed by atoms with Crippen molar-refractivity contribution in [3.8, 4) is 0 Å². The smallest absolute Gasteiger partial charge is 0.326 e. The van der Waals surface area contributed by atoms with Gasteiger partial charge in [0.2, 0.25) is 0 Å². The van der Waals surface area contributed by atoms with Gasteiger partial charge < -0.3 is 15.7 Å². The highest BCUT2D eigenvalue weighted by Crippen LogP contribution is 2.20. The monoisotopic (exact) mass is 270 g/mol. The molecule has 1 rings (SSSR count). The molecule has 0 aliphatic carbocycles. The van der Waals surface area contributed by atoms with Crippen LogP contribution >= 0.6 is 11.3 Å². The first-order chi connectivity index (χ1) is 8.43. The van der Waals surface area contributed by atoms with E-state index in [-0.39, 0.29) is 0 Å². The van der Waals surface area contributed by atoms with Gasteiger partial charge in [-0.05, 0) is 31.9 Å². The summed E-state index contributed by atoms with van der Waals surface area (Å²) in [6, 6.07) is 0.735. The molecule has 1 atom stereocenters. The lowest BCUT2D eigenvalue weighted by Gasteiger charge is -2.12. The van der Waals surface area contributed by atoms with Crippen LogP contribution in [0.4, 0.5) is 4.79 Å². The summed E-state index contributed by atoms with van der Waals surface area (Å²) in [7, 11) is 0. The van der Waals surface area contributed by atoms with Crippen LogP contribution in [0.1, 0.15) is 28.7 Å². The maximum Gasteiger partial charge on any atom is 0.326 e. The van der Waals surface area contributed by atoms with E-state index in [0.717, 1.165) is 4.88 Å². The number of aliphatic carboxylic acids is 1. The number of carboxylic acids is 1. The molecule has 1 aromatic heterocycles. The first kappa shape index (κ1) is 14.5. The average Bonchev–Trinajstić information content (AvgIpc) is 2.63. The van der Waals surface area contributed by atoms with E-state index in [1.807, 2.05) is 19.9 Å². The molecule has 0 fully saturated rings. The van der Waals surface area contributed by atoms with E-state index in [4.69, 9.17) is 5.11 Å². The van der Waals surface area contributed by atoms with E-state index in [1.54, 1.807) is 18.3 Å². The van der Waals surface area contributed by atoms with Gasteiger partial charge in [0.1, 0.15) is 6.04 Å². The third-order valence-corrected chi connectivity index (χ3v) is 3.80. The summed E-state index contributed by atoms with van der Waals surface area (Å²) in [5, 5.41) is 13.9. The maximum atomic E-state index is 11.5. The Morgan fingerprint density at radius 2 is 2.11 bits per heavy atom. The number of nitrogens with one attached hydrogen (secondary N) is 2. The van der Waals surface area contributed by atoms with E-state index in [1.165, 1.54) is 10.4 Å². The quantitative estimate of drug-likeness (QED) is 0.766. The van der Waals surface area contributed by atoms with E-state index >= 15 is 0 Å². The highest BCUT2D eigenvalue weighted by Gasteiger charge is 2.17. The average molecular weight is 270 g/mol. The van der Waals surface area contributed by atoms with Gasteiger partial charge >= 0.3 is 12.0 Å². The van der Waals surface area contributed by atoms with E-state index in [2.05, 4.69) is 10.6 Å². The lowest BCUT2D eigenvalue weighted by Crippen LogP contribution is -2.45. The maximum absolute atomic E-state index is 11.5. The van der Waals surface area contributed by atoms with Crippen molar-refractivity contribution in [1.29, 1.82) is 0 Å². The minimum atomic E-state index is -1.02. The second kappa shape index (κ2) is 6.39. The van der Waals surface area contributed by atoms with Gasteiger partial charge in [0, 0.05) is 9.75 Å². The van der Waals surface area contributed by atoms with Crippen molar-refractivity contribution in [1.82, 2.24) is 10.6 Å². The number of aryl methyl sites for hydroxylation is 2. The molecule has 3 N–H and O–H groups in total. The van der Waals surface area contributed by atoms with Gasteiger partial charge in [-0.25, -0.2) is 9.59 Å². The molecule has 6 heteroatoms.